The van der Waals surface area contributed by atoms with Gasteiger partial charge in [-0.25, -0.2) is 15.0 Å². The lowest BCUT2D eigenvalue weighted by Crippen LogP contribution is -2.58. The van der Waals surface area contributed by atoms with E-state index in [1.807, 2.05) is 81.7 Å². The first-order valence-corrected chi connectivity index (χ1v) is 26.2. The lowest BCUT2D eigenvalue weighted by atomic mass is 9.85. The molecule has 8 rings (SSSR count). The Labute approximate surface area is 436 Å². The van der Waals surface area contributed by atoms with E-state index in [1.165, 1.54) is 10.5 Å². The highest BCUT2D eigenvalue weighted by Gasteiger charge is 2.44. The van der Waals surface area contributed by atoms with Crippen LogP contribution < -0.4 is 16.0 Å². The van der Waals surface area contributed by atoms with Gasteiger partial charge in [0.25, 0.3) is 0 Å². The van der Waals surface area contributed by atoms with Crippen LogP contribution in [-0.4, -0.2) is 155 Å². The van der Waals surface area contributed by atoms with Gasteiger partial charge in [0.2, 0.25) is 17.7 Å². The van der Waals surface area contributed by atoms with Crippen molar-refractivity contribution in [1.82, 2.24) is 45.3 Å². The van der Waals surface area contributed by atoms with Gasteiger partial charge in [0, 0.05) is 76.0 Å². The fourth-order valence-corrected chi connectivity index (χ4v) is 10.1. The Balaban J connectivity index is 0.670. The molecule has 19 heteroatoms. The topological polar surface area (TPSA) is 199 Å². The summed E-state index contributed by atoms with van der Waals surface area (Å²) >= 11 is 7.94. The maximum atomic E-state index is 14.0. The molecule has 2 saturated heterocycles. The van der Waals surface area contributed by atoms with Crippen LogP contribution in [0.3, 0.4) is 0 Å². The number of carbonyl (C=O) groups is 3. The number of nitrogens with zero attached hydrogens (tertiary/aromatic N) is 6. The van der Waals surface area contributed by atoms with Gasteiger partial charge in [-0.3, -0.25) is 24.2 Å². The van der Waals surface area contributed by atoms with Crippen LogP contribution in [0, 0.1) is 12.3 Å². The zero-order valence-electron chi connectivity index (χ0n) is 42.1. The van der Waals surface area contributed by atoms with Crippen molar-refractivity contribution in [2.24, 2.45) is 5.41 Å². The third kappa shape index (κ3) is 14.7. The number of hydrogen-bond donors (Lipinski definition) is 5. The molecule has 3 aromatic carbocycles. The number of halogens is 1. The van der Waals surface area contributed by atoms with E-state index < -0.39 is 35.4 Å². The van der Waals surface area contributed by atoms with Gasteiger partial charge in [-0.1, -0.05) is 99.1 Å². The van der Waals surface area contributed by atoms with Gasteiger partial charge in [-0.05, 0) is 52.3 Å². The van der Waals surface area contributed by atoms with Gasteiger partial charge in [-0.15, -0.1) is 11.3 Å². The summed E-state index contributed by atoms with van der Waals surface area (Å²) in [5.74, 6) is -0.498. The molecule has 5 N–H and O–H groups in total. The smallest absolute Gasteiger partial charge is 0.246 e. The quantitative estimate of drug-likeness (QED) is 0.0449. The molecule has 3 aromatic heterocycles. The molecular formula is C54H67ClN10O7S. The van der Waals surface area contributed by atoms with E-state index in [4.69, 9.17) is 25.8 Å². The van der Waals surface area contributed by atoms with Crippen LogP contribution in [0.2, 0.25) is 5.02 Å². The molecule has 388 valence electrons. The fraction of sp³-hybridized carbons (Fsp3) is 0.444. The van der Waals surface area contributed by atoms with Gasteiger partial charge in [0.1, 0.15) is 36.5 Å². The summed E-state index contributed by atoms with van der Waals surface area (Å²) in [7, 11) is 0. The summed E-state index contributed by atoms with van der Waals surface area (Å²) in [6, 6.07) is 24.6. The normalized spacial score (nSPS) is 17.0. The third-order valence-electron chi connectivity index (χ3n) is 13.2. The van der Waals surface area contributed by atoms with E-state index in [1.54, 1.807) is 17.7 Å². The molecule has 2 aliphatic heterocycles. The monoisotopic (exact) mass is 1030 g/mol. The molecule has 5 heterocycles. The summed E-state index contributed by atoms with van der Waals surface area (Å²) in [5, 5.41) is 21.4. The zero-order chi connectivity index (χ0) is 51.3. The van der Waals surface area contributed by atoms with E-state index in [9.17, 15) is 19.5 Å². The Morgan fingerprint density at radius 2 is 1.53 bits per heavy atom. The summed E-state index contributed by atoms with van der Waals surface area (Å²) in [6.07, 6.45) is 0.806. The third-order valence-corrected chi connectivity index (χ3v) is 14.6. The number of aromatic amines is 1. The Bertz CT molecular complexity index is 2760. The van der Waals surface area contributed by atoms with Crippen LogP contribution in [0.15, 0.2) is 90.7 Å². The average molecular weight is 1040 g/mol. The highest BCUT2D eigenvalue weighted by Crippen LogP contribution is 2.30. The van der Waals surface area contributed by atoms with Crippen LogP contribution in [0.5, 0.6) is 0 Å². The van der Waals surface area contributed by atoms with Gasteiger partial charge in [-0.2, -0.15) is 0 Å². The Morgan fingerprint density at radius 1 is 0.849 bits per heavy atom. The van der Waals surface area contributed by atoms with Crippen LogP contribution in [0.4, 0.5) is 5.82 Å². The van der Waals surface area contributed by atoms with Crippen molar-refractivity contribution in [3.8, 4) is 21.7 Å². The number of amides is 3. The van der Waals surface area contributed by atoms with Gasteiger partial charge in [0.15, 0.2) is 0 Å². The zero-order valence-corrected chi connectivity index (χ0v) is 43.6. The highest BCUT2D eigenvalue weighted by atomic mass is 35.5. The number of thiazole rings is 1. The molecule has 0 aliphatic carbocycles. The fourth-order valence-electron chi connectivity index (χ4n) is 9.06. The summed E-state index contributed by atoms with van der Waals surface area (Å²) in [5.41, 5.74) is 9.17. The predicted octanol–water partition coefficient (Wildman–Crippen LogP) is 6.30. The number of aryl methyl sites for hydroxylation is 1. The number of aliphatic hydroxyl groups is 1. The van der Waals surface area contributed by atoms with Crippen LogP contribution >= 0.6 is 22.9 Å². The molecule has 0 radical (unpaired) electrons. The largest absolute Gasteiger partial charge is 0.391 e. The molecule has 2 unspecified atom stereocenters. The minimum atomic E-state index is -0.951. The van der Waals surface area contributed by atoms with E-state index in [-0.39, 0.29) is 45.2 Å². The number of aliphatic hydroxyl groups excluding tert-OH is 1. The number of H-pyrrole nitrogens is 1. The number of carbonyl (C=O) groups excluding carboxylic acids is 3. The van der Waals surface area contributed by atoms with Crippen molar-refractivity contribution in [2.75, 3.05) is 84.2 Å². The van der Waals surface area contributed by atoms with Gasteiger partial charge < -0.3 is 45.2 Å². The SMILES string of the molecule is Cc1ncsc1-c1ccc(CNC(=O)C2CC(O)CN2C(=O)[C@@H](NC(=O)COCCOCCOCCN2CCN(Cc3ccc(-c4cc5c(NCc6ccccc6Cl)ncnc5[nH]4)cc3)CC2)C(C)(C)C)cc1. The van der Waals surface area contributed by atoms with Gasteiger partial charge >= 0.3 is 0 Å². The van der Waals surface area contributed by atoms with Crippen molar-refractivity contribution < 1.29 is 33.7 Å². The molecule has 73 heavy (non-hydrogen) atoms. The number of ether oxygens (including phenoxy) is 3. The number of hydrogen-bond acceptors (Lipinski definition) is 14. The van der Waals surface area contributed by atoms with Crippen molar-refractivity contribution in [3.63, 3.8) is 0 Å². The Hall–Kier alpha value is -5.83. The average Bonchev–Trinajstić information content (AvgIpc) is 4.14. The minimum absolute atomic E-state index is 0.00586. The van der Waals surface area contributed by atoms with Crippen LogP contribution in [0.25, 0.3) is 32.7 Å². The van der Waals surface area contributed by atoms with Gasteiger partial charge in [0.05, 0.1) is 60.6 Å². The van der Waals surface area contributed by atoms with E-state index >= 15 is 0 Å². The number of aromatic nitrogens is 4. The molecule has 2 aliphatic rings. The van der Waals surface area contributed by atoms with Crippen LogP contribution in [-0.2, 0) is 48.2 Å². The predicted molar refractivity (Wildman–Crippen MR) is 284 cm³/mol. The molecule has 0 saturated carbocycles. The highest BCUT2D eigenvalue weighted by molar-refractivity contribution is 7.13. The Kier molecular flexibility index (Phi) is 18.6. The number of benzene rings is 3. The van der Waals surface area contributed by atoms with Crippen molar-refractivity contribution in [1.29, 1.82) is 0 Å². The Morgan fingerprint density at radius 3 is 2.25 bits per heavy atom. The summed E-state index contributed by atoms with van der Waals surface area (Å²) in [4.78, 5) is 64.5. The number of piperazine rings is 1. The maximum Gasteiger partial charge on any atom is 0.246 e. The molecule has 0 spiro atoms. The minimum Gasteiger partial charge on any atom is -0.391 e. The molecule has 0 bridgehead atoms. The lowest BCUT2D eigenvalue weighted by molar-refractivity contribution is -0.144. The number of fused-ring (bicyclic) bond motifs is 1. The molecular weight excluding hydrogens is 968 g/mol. The van der Waals surface area contributed by atoms with E-state index in [0.29, 0.717) is 26.4 Å². The molecule has 3 amide bonds. The molecule has 17 nitrogen and oxygen atoms in total. The lowest BCUT2D eigenvalue weighted by Gasteiger charge is -2.35. The molecule has 2 fully saturated rings. The number of likely N-dealkylation sites (tertiary alicyclic amines) is 1. The standard InChI is InChI=1S/C54H67ClN10O7S/c1-36-48(73-35-60-36)40-15-9-37(10-16-40)29-57-52(68)46-27-42(66)32-65(46)53(69)49(54(2,3)4)62-47(67)33-72-26-25-71-24-23-70-22-21-63-17-19-64(20-18-63)31-38-11-13-39(14-12-38)45-28-43-50(58-34-59-51(43)61-45)56-30-41-7-5-6-8-44(41)55/h5-16,28,34-35,42,46,49,66H,17-27,29-33H2,1-4H3,(H,57,68)(H,62,67)(H2,56,58,59,61)/t42?,46?,49-/m1/s1. The number of nitrogens with one attached hydrogen (secondary N) is 4. The van der Waals surface area contributed by atoms with Crippen molar-refractivity contribution >= 4 is 57.5 Å². The first-order valence-electron chi connectivity index (χ1n) is 24.9. The van der Waals surface area contributed by atoms with Crippen molar-refractivity contribution in [2.45, 2.75) is 71.9 Å². The van der Waals surface area contributed by atoms with Crippen LogP contribution in [0.1, 0.15) is 49.6 Å². The second-order valence-corrected chi connectivity index (χ2v) is 20.9. The molecule has 6 aromatic rings. The van der Waals surface area contributed by atoms with E-state index in [2.05, 4.69) is 76.0 Å². The van der Waals surface area contributed by atoms with Crippen molar-refractivity contribution in [3.05, 3.63) is 118 Å². The second-order valence-electron chi connectivity index (χ2n) is 19.6. The number of rotatable bonds is 23. The number of anilines is 1. The summed E-state index contributed by atoms with van der Waals surface area (Å²) in [6.45, 7) is 15.6. The summed E-state index contributed by atoms with van der Waals surface area (Å²) < 4.78 is 17.1. The maximum absolute atomic E-state index is 14.0. The van der Waals surface area contributed by atoms with E-state index in [0.717, 1.165) is 99.7 Å². The first kappa shape index (κ1) is 53.5. The molecule has 3 atom stereocenters. The second kappa shape index (κ2) is 25.4. The first-order chi connectivity index (χ1) is 35.3. The number of β-amino-alcohol motifs (C(OH)–C–C–N with tert-alkyl or cyclic N) is 1.